The van der Waals surface area contributed by atoms with Crippen LogP contribution >= 0.6 is 0 Å². The van der Waals surface area contributed by atoms with Gasteiger partial charge in [0.1, 0.15) is 5.82 Å². The number of hydrogen-bond donors (Lipinski definition) is 1. The van der Waals surface area contributed by atoms with E-state index < -0.39 is 0 Å². The van der Waals surface area contributed by atoms with Gasteiger partial charge in [-0.15, -0.1) is 10.2 Å². The van der Waals surface area contributed by atoms with Crippen molar-refractivity contribution in [3.63, 3.8) is 0 Å². The number of rotatable bonds is 10. The minimum absolute atomic E-state index is 0.0745. The number of imidazole rings is 1. The second-order valence-electron chi connectivity index (χ2n) is 9.17. The molecule has 38 heavy (non-hydrogen) atoms. The van der Waals surface area contributed by atoms with Crippen LogP contribution in [-0.4, -0.2) is 45.1 Å². The summed E-state index contributed by atoms with van der Waals surface area (Å²) >= 11 is 0. The third-order valence-corrected chi connectivity index (χ3v) is 6.77. The summed E-state index contributed by atoms with van der Waals surface area (Å²) in [5.41, 5.74) is 4.83. The van der Waals surface area contributed by atoms with Crippen molar-refractivity contribution in [2.24, 2.45) is 0 Å². The number of unbranched alkanes of at least 4 members (excludes halogenated alkanes) is 1. The molecule has 0 radical (unpaired) electrons. The first kappa shape index (κ1) is 25.1. The summed E-state index contributed by atoms with van der Waals surface area (Å²) in [7, 11) is 0. The van der Waals surface area contributed by atoms with E-state index >= 15 is 0 Å². The van der Waals surface area contributed by atoms with E-state index in [1.807, 2.05) is 54.2 Å². The number of carbonyl (C=O) groups excluding carboxylic acids is 1. The smallest absolute Gasteiger partial charge is 0.334 e. The molecule has 0 fully saturated rings. The molecule has 5 aromatic rings. The molecule has 4 heterocycles. The van der Waals surface area contributed by atoms with Gasteiger partial charge in [-0.05, 0) is 60.7 Å². The van der Waals surface area contributed by atoms with Crippen LogP contribution < -0.4 is 5.69 Å². The number of hydrogen-bond acceptors (Lipinski definition) is 6. The molecular formula is C28H30N8O2. The van der Waals surface area contributed by atoms with E-state index in [-0.39, 0.29) is 11.5 Å². The third-order valence-electron chi connectivity index (χ3n) is 6.77. The van der Waals surface area contributed by atoms with Gasteiger partial charge in [0.05, 0.1) is 12.1 Å². The molecule has 0 unspecified atom stereocenters. The lowest BCUT2D eigenvalue weighted by molar-refractivity contribution is 0.101. The molecule has 0 saturated carbocycles. The van der Waals surface area contributed by atoms with E-state index in [0.29, 0.717) is 30.3 Å². The number of carbonyl (C=O) groups is 1. The molecule has 0 saturated heterocycles. The summed E-state index contributed by atoms with van der Waals surface area (Å²) in [6, 6.07) is 11.6. The number of aryl methyl sites for hydroxylation is 2. The molecule has 1 N–H and O–H groups in total. The lowest BCUT2D eigenvalue weighted by Gasteiger charge is -2.14. The number of aromatic nitrogens is 8. The van der Waals surface area contributed by atoms with E-state index in [4.69, 9.17) is 0 Å². The average molecular weight is 511 g/mol. The predicted molar refractivity (Wildman–Crippen MR) is 144 cm³/mol. The molecule has 0 aliphatic heterocycles. The number of benzene rings is 1. The Bertz CT molecular complexity index is 1620. The van der Waals surface area contributed by atoms with Crippen molar-refractivity contribution in [3.05, 3.63) is 88.5 Å². The number of tetrazole rings is 1. The Balaban J connectivity index is 1.64. The molecule has 0 amide bonds. The van der Waals surface area contributed by atoms with Gasteiger partial charge in [0.15, 0.2) is 5.78 Å². The van der Waals surface area contributed by atoms with Gasteiger partial charge in [-0.2, -0.15) is 5.21 Å². The molecule has 0 atom stereocenters. The molecule has 10 heteroatoms. The fourth-order valence-electron chi connectivity index (χ4n) is 4.84. The summed E-state index contributed by atoms with van der Waals surface area (Å²) < 4.78 is 5.35. The van der Waals surface area contributed by atoms with Crippen LogP contribution in [0.15, 0.2) is 66.0 Å². The Morgan fingerprint density at radius 2 is 1.87 bits per heavy atom. The zero-order chi connectivity index (χ0) is 26.6. The summed E-state index contributed by atoms with van der Waals surface area (Å²) in [6.45, 7) is 6.63. The van der Waals surface area contributed by atoms with Crippen LogP contribution in [0.4, 0.5) is 0 Å². The summed E-state index contributed by atoms with van der Waals surface area (Å²) in [4.78, 5) is 30.7. The van der Waals surface area contributed by atoms with E-state index in [0.717, 1.165) is 47.2 Å². The highest BCUT2D eigenvalue weighted by molar-refractivity contribution is 5.97. The lowest BCUT2D eigenvalue weighted by atomic mass is 9.96. The van der Waals surface area contributed by atoms with Crippen LogP contribution in [0.2, 0.25) is 0 Å². The highest BCUT2D eigenvalue weighted by atomic mass is 16.2. The normalized spacial score (nSPS) is 11.2. The van der Waals surface area contributed by atoms with Crippen molar-refractivity contribution in [2.45, 2.75) is 53.1 Å². The number of nitrogens with one attached hydrogen (secondary N) is 1. The topological polar surface area (TPSA) is 116 Å². The van der Waals surface area contributed by atoms with Gasteiger partial charge in [0.25, 0.3) is 0 Å². The fourth-order valence-corrected chi connectivity index (χ4v) is 4.84. The summed E-state index contributed by atoms with van der Waals surface area (Å²) in [5.74, 6) is 1.03. The van der Waals surface area contributed by atoms with Gasteiger partial charge in [-0.25, -0.2) is 4.79 Å². The molecular weight excluding hydrogens is 480 g/mol. The van der Waals surface area contributed by atoms with Crippen LogP contribution in [0.3, 0.4) is 0 Å². The Hall–Kier alpha value is -4.60. The van der Waals surface area contributed by atoms with Gasteiger partial charge in [-0.3, -0.25) is 18.9 Å². The first-order valence-corrected chi connectivity index (χ1v) is 12.8. The van der Waals surface area contributed by atoms with Crippen molar-refractivity contribution >= 4 is 5.78 Å². The molecule has 194 valence electrons. The zero-order valence-corrected chi connectivity index (χ0v) is 21.8. The van der Waals surface area contributed by atoms with Gasteiger partial charge in [0, 0.05) is 42.6 Å². The molecule has 4 aromatic heterocycles. The Labute approximate surface area is 220 Å². The Morgan fingerprint density at radius 1 is 1.05 bits per heavy atom. The van der Waals surface area contributed by atoms with Crippen LogP contribution in [0.1, 0.15) is 55.2 Å². The Kier molecular flexibility index (Phi) is 7.12. The number of ketones is 1. The lowest BCUT2D eigenvalue weighted by Crippen LogP contribution is -2.27. The molecule has 0 aliphatic rings. The molecule has 5 rings (SSSR count). The maximum absolute atomic E-state index is 13.9. The van der Waals surface area contributed by atoms with E-state index in [2.05, 4.69) is 32.5 Å². The molecule has 10 nitrogen and oxygen atoms in total. The number of nitrogens with zero attached hydrogens (tertiary/aromatic N) is 7. The van der Waals surface area contributed by atoms with Gasteiger partial charge >= 0.3 is 5.69 Å². The maximum atomic E-state index is 13.9. The van der Waals surface area contributed by atoms with Gasteiger partial charge in [-0.1, -0.05) is 37.6 Å². The third kappa shape index (κ3) is 4.60. The van der Waals surface area contributed by atoms with Crippen molar-refractivity contribution in [3.8, 4) is 28.3 Å². The number of H-pyrrole nitrogens is 1. The first-order valence-electron chi connectivity index (χ1n) is 12.8. The fraction of sp³-hybridized carbons (Fsp3) is 0.286. The van der Waals surface area contributed by atoms with Crippen LogP contribution in [-0.2, 0) is 19.5 Å². The highest BCUT2D eigenvalue weighted by Crippen LogP contribution is 2.32. The van der Waals surface area contributed by atoms with Crippen LogP contribution in [0, 0.1) is 0 Å². The van der Waals surface area contributed by atoms with E-state index in [9.17, 15) is 9.59 Å². The quantitative estimate of drug-likeness (QED) is 0.280. The monoisotopic (exact) mass is 510 g/mol. The number of Topliss-reactive ketones (excluding diaryl/α,β-unsaturated/α-hetero) is 1. The summed E-state index contributed by atoms with van der Waals surface area (Å²) in [6.07, 6.45) is 9.97. The van der Waals surface area contributed by atoms with Crippen LogP contribution in [0.25, 0.3) is 28.3 Å². The summed E-state index contributed by atoms with van der Waals surface area (Å²) in [5, 5.41) is 14.6. The van der Waals surface area contributed by atoms with Crippen molar-refractivity contribution < 1.29 is 4.79 Å². The van der Waals surface area contributed by atoms with Crippen molar-refractivity contribution in [1.82, 2.24) is 39.3 Å². The second kappa shape index (κ2) is 10.8. The SMILES string of the molecule is CCCCc1cn(-c2c(C(C)=O)ccn2CC)c(=O)n1Cc1cnccc1-c1ccccc1-c1nn[nH]n1. The first-order chi connectivity index (χ1) is 18.5. The molecule has 1 aromatic carbocycles. The zero-order valence-electron chi connectivity index (χ0n) is 21.8. The van der Waals surface area contributed by atoms with E-state index in [1.165, 1.54) is 6.92 Å². The maximum Gasteiger partial charge on any atom is 0.334 e. The van der Waals surface area contributed by atoms with E-state index in [1.54, 1.807) is 27.6 Å². The van der Waals surface area contributed by atoms with Crippen molar-refractivity contribution in [2.75, 3.05) is 0 Å². The van der Waals surface area contributed by atoms with Crippen molar-refractivity contribution in [1.29, 1.82) is 0 Å². The molecule has 0 bridgehead atoms. The predicted octanol–water partition coefficient (Wildman–Crippen LogP) is 4.30. The highest BCUT2D eigenvalue weighted by Gasteiger charge is 2.21. The standard InChI is InChI=1S/C28H30N8O2/c1-4-6-9-21-18-36(27-22(19(3)37)13-15-34(27)5-2)28(38)35(21)17-20-16-29-14-12-23(20)24-10-7-8-11-25(24)26-30-32-33-31-26/h7-8,10-16,18H,4-6,9,17H2,1-3H3,(H,30,31,32,33). The van der Waals surface area contributed by atoms with Crippen LogP contribution in [0.5, 0.6) is 0 Å². The molecule has 0 spiro atoms. The Morgan fingerprint density at radius 3 is 2.58 bits per heavy atom. The average Bonchev–Trinajstić information content (AvgIpc) is 3.68. The minimum atomic E-state index is -0.187. The van der Waals surface area contributed by atoms with Gasteiger partial charge < -0.3 is 4.57 Å². The largest absolute Gasteiger partial charge is 0.334 e. The number of aromatic amines is 1. The van der Waals surface area contributed by atoms with Gasteiger partial charge in [0.2, 0.25) is 5.82 Å². The molecule has 0 aliphatic carbocycles. The second-order valence-corrected chi connectivity index (χ2v) is 9.17. The number of pyridine rings is 1. The minimum Gasteiger partial charge on any atom is -0.334 e.